The molecule has 0 bridgehead atoms. The second kappa shape index (κ2) is 8.14. The van der Waals surface area contributed by atoms with Gasteiger partial charge in [0.1, 0.15) is 0 Å². The van der Waals surface area contributed by atoms with E-state index in [0.29, 0.717) is 5.13 Å². The fraction of sp³-hybridized carbons (Fsp3) is 0.400. The molecule has 0 aliphatic heterocycles. The number of benzene rings is 1. The van der Waals surface area contributed by atoms with E-state index >= 15 is 0 Å². The van der Waals surface area contributed by atoms with Crippen LogP contribution in [0.25, 0.3) is 0 Å². The van der Waals surface area contributed by atoms with Crippen LogP contribution in [0.15, 0.2) is 34.7 Å². The number of carbonyl (C=O) groups is 1. The summed E-state index contributed by atoms with van der Waals surface area (Å²) in [7, 11) is 0. The van der Waals surface area contributed by atoms with E-state index in [0.717, 1.165) is 22.9 Å². The predicted molar refractivity (Wildman–Crippen MR) is 88.6 cm³/mol. The minimum atomic E-state index is 0.0133. The van der Waals surface area contributed by atoms with Gasteiger partial charge in [0.25, 0.3) is 0 Å². The standard InChI is InChI=1S/C15H19N3OS2/c1-3-7-11(2)13(19)16-14-17-18-15(21-14)20-10-12-8-5-4-6-9-12/h4-6,8-9,11H,3,7,10H2,1-2H3,(H,16,17,19). The Morgan fingerprint density at radius 1 is 1.33 bits per heavy atom. The van der Waals surface area contributed by atoms with Gasteiger partial charge in [-0.05, 0) is 12.0 Å². The Balaban J connectivity index is 1.85. The number of aromatic nitrogens is 2. The summed E-state index contributed by atoms with van der Waals surface area (Å²) in [4.78, 5) is 11.9. The number of carbonyl (C=O) groups excluding carboxylic acids is 1. The van der Waals surface area contributed by atoms with E-state index < -0.39 is 0 Å². The Kier molecular flexibility index (Phi) is 6.20. The molecule has 0 saturated heterocycles. The molecule has 1 aromatic carbocycles. The molecular formula is C15H19N3OS2. The summed E-state index contributed by atoms with van der Waals surface area (Å²) in [6.45, 7) is 4.01. The van der Waals surface area contributed by atoms with Crippen LogP contribution in [0.3, 0.4) is 0 Å². The first-order valence-corrected chi connectivity index (χ1v) is 8.80. The lowest BCUT2D eigenvalue weighted by atomic mass is 10.1. The second-order valence-electron chi connectivity index (χ2n) is 4.83. The van der Waals surface area contributed by atoms with E-state index in [1.165, 1.54) is 16.9 Å². The summed E-state index contributed by atoms with van der Waals surface area (Å²) in [5.41, 5.74) is 1.25. The van der Waals surface area contributed by atoms with Gasteiger partial charge in [-0.1, -0.05) is 73.7 Å². The van der Waals surface area contributed by atoms with Gasteiger partial charge in [0, 0.05) is 11.7 Å². The zero-order valence-electron chi connectivity index (χ0n) is 12.2. The third-order valence-corrected chi connectivity index (χ3v) is 5.05. The van der Waals surface area contributed by atoms with E-state index in [1.807, 2.05) is 25.1 Å². The van der Waals surface area contributed by atoms with Crippen molar-refractivity contribution in [3.8, 4) is 0 Å². The molecule has 0 spiro atoms. The Bertz CT molecular complexity index is 571. The number of rotatable bonds is 7. The highest BCUT2D eigenvalue weighted by molar-refractivity contribution is 8.00. The van der Waals surface area contributed by atoms with Gasteiger partial charge in [0.15, 0.2) is 4.34 Å². The van der Waals surface area contributed by atoms with E-state index in [4.69, 9.17) is 0 Å². The third kappa shape index (κ3) is 5.13. The van der Waals surface area contributed by atoms with E-state index in [-0.39, 0.29) is 11.8 Å². The maximum absolute atomic E-state index is 11.9. The van der Waals surface area contributed by atoms with E-state index in [9.17, 15) is 4.79 Å². The SMILES string of the molecule is CCCC(C)C(=O)Nc1nnc(SCc2ccccc2)s1. The number of hydrogen-bond acceptors (Lipinski definition) is 5. The maximum atomic E-state index is 11.9. The van der Waals surface area contributed by atoms with Crippen LogP contribution in [0.4, 0.5) is 5.13 Å². The fourth-order valence-electron chi connectivity index (χ4n) is 1.83. The van der Waals surface area contributed by atoms with Crippen LogP contribution in [0.2, 0.25) is 0 Å². The molecule has 112 valence electrons. The molecule has 1 unspecified atom stereocenters. The summed E-state index contributed by atoms with van der Waals surface area (Å²) in [6.07, 6.45) is 1.89. The number of anilines is 1. The number of thioether (sulfide) groups is 1. The summed E-state index contributed by atoms with van der Waals surface area (Å²) in [5, 5.41) is 11.6. The molecule has 1 N–H and O–H groups in total. The van der Waals surface area contributed by atoms with Crippen molar-refractivity contribution < 1.29 is 4.79 Å². The first kappa shape index (κ1) is 16.0. The van der Waals surface area contributed by atoms with Gasteiger partial charge >= 0.3 is 0 Å². The molecule has 2 aromatic rings. The topological polar surface area (TPSA) is 54.9 Å². The zero-order valence-corrected chi connectivity index (χ0v) is 13.8. The quantitative estimate of drug-likeness (QED) is 0.613. The highest BCUT2D eigenvalue weighted by atomic mass is 32.2. The molecule has 1 amide bonds. The van der Waals surface area contributed by atoms with Gasteiger partial charge in [0.05, 0.1) is 0 Å². The van der Waals surface area contributed by atoms with Crippen molar-refractivity contribution in [2.24, 2.45) is 5.92 Å². The van der Waals surface area contributed by atoms with Crippen LogP contribution in [0.5, 0.6) is 0 Å². The Morgan fingerprint density at radius 2 is 2.10 bits per heavy atom. The number of nitrogens with one attached hydrogen (secondary N) is 1. The number of nitrogens with zero attached hydrogens (tertiary/aromatic N) is 2. The van der Waals surface area contributed by atoms with Gasteiger partial charge in [-0.25, -0.2) is 0 Å². The van der Waals surface area contributed by atoms with Crippen LogP contribution < -0.4 is 5.32 Å². The molecular weight excluding hydrogens is 302 g/mol. The van der Waals surface area contributed by atoms with Crippen molar-refractivity contribution in [2.45, 2.75) is 36.8 Å². The highest BCUT2D eigenvalue weighted by Gasteiger charge is 2.14. The fourth-order valence-corrected chi connectivity index (χ4v) is 3.54. The minimum Gasteiger partial charge on any atom is -0.300 e. The lowest BCUT2D eigenvalue weighted by Gasteiger charge is -2.07. The van der Waals surface area contributed by atoms with Gasteiger partial charge in [0.2, 0.25) is 11.0 Å². The van der Waals surface area contributed by atoms with Gasteiger partial charge < -0.3 is 5.32 Å². The normalized spacial score (nSPS) is 12.1. The lowest BCUT2D eigenvalue weighted by Crippen LogP contribution is -2.20. The van der Waals surface area contributed by atoms with E-state index in [2.05, 4.69) is 34.6 Å². The van der Waals surface area contributed by atoms with E-state index in [1.54, 1.807) is 11.8 Å². The molecule has 21 heavy (non-hydrogen) atoms. The second-order valence-corrected chi connectivity index (χ2v) is 7.03. The molecule has 1 atom stereocenters. The van der Waals surface area contributed by atoms with Gasteiger partial charge in [-0.2, -0.15) is 0 Å². The average molecular weight is 321 g/mol. The minimum absolute atomic E-state index is 0.0133. The largest absolute Gasteiger partial charge is 0.300 e. The van der Waals surface area contributed by atoms with Crippen molar-refractivity contribution in [3.63, 3.8) is 0 Å². The van der Waals surface area contributed by atoms with Crippen molar-refractivity contribution >= 4 is 34.1 Å². The number of hydrogen-bond donors (Lipinski definition) is 1. The molecule has 2 rings (SSSR count). The summed E-state index contributed by atoms with van der Waals surface area (Å²) < 4.78 is 0.872. The molecule has 0 fully saturated rings. The Morgan fingerprint density at radius 3 is 2.81 bits per heavy atom. The third-order valence-electron chi connectivity index (χ3n) is 3.01. The molecule has 1 aromatic heterocycles. The molecule has 0 saturated carbocycles. The zero-order chi connectivity index (χ0) is 15.1. The number of amides is 1. The first-order chi connectivity index (χ1) is 10.2. The lowest BCUT2D eigenvalue weighted by molar-refractivity contribution is -0.119. The van der Waals surface area contributed by atoms with Crippen molar-refractivity contribution in [1.29, 1.82) is 0 Å². The van der Waals surface area contributed by atoms with Crippen molar-refractivity contribution in [2.75, 3.05) is 5.32 Å². The Labute approximate surface area is 133 Å². The smallest absolute Gasteiger partial charge is 0.229 e. The molecule has 0 aliphatic rings. The van der Waals surface area contributed by atoms with Gasteiger partial charge in [-0.3, -0.25) is 4.79 Å². The van der Waals surface area contributed by atoms with Crippen LogP contribution >= 0.6 is 23.1 Å². The highest BCUT2D eigenvalue weighted by Crippen LogP contribution is 2.28. The van der Waals surface area contributed by atoms with Crippen LogP contribution in [0, 0.1) is 5.92 Å². The molecule has 4 nitrogen and oxygen atoms in total. The predicted octanol–water partition coefficient (Wildman–Crippen LogP) is 4.21. The van der Waals surface area contributed by atoms with Crippen LogP contribution in [-0.2, 0) is 10.5 Å². The summed E-state index contributed by atoms with van der Waals surface area (Å²) >= 11 is 3.06. The molecule has 0 radical (unpaired) electrons. The monoisotopic (exact) mass is 321 g/mol. The first-order valence-electron chi connectivity index (χ1n) is 7.00. The summed E-state index contributed by atoms with van der Waals surface area (Å²) in [6, 6.07) is 10.2. The maximum Gasteiger partial charge on any atom is 0.229 e. The molecule has 6 heteroatoms. The molecule has 0 aliphatic carbocycles. The molecule has 1 heterocycles. The van der Waals surface area contributed by atoms with Crippen molar-refractivity contribution in [1.82, 2.24) is 10.2 Å². The van der Waals surface area contributed by atoms with Crippen LogP contribution in [-0.4, -0.2) is 16.1 Å². The van der Waals surface area contributed by atoms with Gasteiger partial charge in [-0.15, -0.1) is 10.2 Å². The van der Waals surface area contributed by atoms with Crippen molar-refractivity contribution in [3.05, 3.63) is 35.9 Å². The average Bonchev–Trinajstić information content (AvgIpc) is 2.94. The summed E-state index contributed by atoms with van der Waals surface area (Å²) in [5.74, 6) is 0.891. The van der Waals surface area contributed by atoms with Crippen LogP contribution in [0.1, 0.15) is 32.3 Å². The Hall–Kier alpha value is -1.40.